The van der Waals surface area contributed by atoms with Gasteiger partial charge in [0.1, 0.15) is 0 Å². The van der Waals surface area contributed by atoms with Crippen molar-refractivity contribution in [1.29, 1.82) is 0 Å². The molecule has 0 aromatic heterocycles. The van der Waals surface area contributed by atoms with Gasteiger partial charge in [0, 0.05) is 104 Å². The van der Waals surface area contributed by atoms with Crippen LogP contribution < -0.4 is 19.6 Å². The molecule has 0 N–H and O–H groups in total. The van der Waals surface area contributed by atoms with E-state index in [-0.39, 0.29) is 23.6 Å². The van der Waals surface area contributed by atoms with E-state index in [1.807, 2.05) is 218 Å². The smallest absolute Gasteiger partial charge is 0.262 e. The summed E-state index contributed by atoms with van der Waals surface area (Å²) in [5, 5.41) is 0. The van der Waals surface area contributed by atoms with Crippen molar-refractivity contribution < 1.29 is 19.2 Å². The van der Waals surface area contributed by atoms with E-state index in [2.05, 4.69) is 35.5 Å². The average molecular weight is 1040 g/mol. The number of nitrogens with zero attached hydrogens (tertiary/aromatic N) is 4. The van der Waals surface area contributed by atoms with E-state index in [0.717, 1.165) is 44.8 Å². The quantitative estimate of drug-likeness (QED) is 0.128. The third kappa shape index (κ3) is 12.5. The third-order valence-corrected chi connectivity index (χ3v) is 13.2. The number of hydrogen-bond acceptors (Lipinski definition) is 4. The molecule has 0 aliphatic rings. The largest absolute Gasteiger partial charge is 0.311 e. The summed E-state index contributed by atoms with van der Waals surface area (Å²) in [5.74, 6) is 18.6. The van der Waals surface area contributed by atoms with Crippen LogP contribution in [0.5, 0.6) is 0 Å². The van der Waals surface area contributed by atoms with E-state index in [0.29, 0.717) is 45.0 Å². The van der Waals surface area contributed by atoms with E-state index in [1.165, 1.54) is 0 Å². The Morgan fingerprint density at radius 1 is 0.225 bits per heavy atom. The monoisotopic (exact) mass is 1030 g/mol. The molecular formula is C72H50N4O4. The lowest BCUT2D eigenvalue weighted by molar-refractivity contribution is 0.0985. The molecule has 10 rings (SSSR count). The summed E-state index contributed by atoms with van der Waals surface area (Å²) < 4.78 is 0. The lowest BCUT2D eigenvalue weighted by atomic mass is 10.1. The molecule has 0 aliphatic heterocycles. The van der Waals surface area contributed by atoms with Crippen LogP contribution in [-0.2, 0) is 0 Å². The predicted molar refractivity (Wildman–Crippen MR) is 321 cm³/mol. The Balaban J connectivity index is 0.787. The summed E-state index contributed by atoms with van der Waals surface area (Å²) >= 11 is 0. The molecule has 8 nitrogen and oxygen atoms in total. The normalized spacial score (nSPS) is 10.3. The number of hydrogen-bond donors (Lipinski definition) is 0. The Morgan fingerprint density at radius 3 is 0.725 bits per heavy atom. The fourth-order valence-electron chi connectivity index (χ4n) is 8.71. The summed E-state index contributed by atoms with van der Waals surface area (Å²) in [6.07, 6.45) is 0. The summed E-state index contributed by atoms with van der Waals surface area (Å²) in [5.41, 5.74) is 11.1. The zero-order valence-corrected chi connectivity index (χ0v) is 43.8. The molecule has 8 heteroatoms. The van der Waals surface area contributed by atoms with Crippen molar-refractivity contribution in [3.8, 4) is 35.5 Å². The Morgan fingerprint density at radius 2 is 0.425 bits per heavy atom. The SMILES string of the molecule is CN(C(=O)c1ccc(C#Cc2ccc(N(C(=O)c3ccc(C#Cc4ccc(N(C(=O)c5ccc(C#Cc6ccc(N(C)C(=O)c7ccccc7)cc6)cc5)c5ccccc5)cc4)cc3)c3ccccc3)cc2)cc1)c1ccccc1. The number of carbonyl (C=O) groups excluding carboxylic acids is 4. The lowest BCUT2D eigenvalue weighted by Crippen LogP contribution is -2.26. The number of rotatable bonds is 10. The first-order chi connectivity index (χ1) is 39.1. The highest BCUT2D eigenvalue weighted by molar-refractivity contribution is 6.12. The minimum absolute atomic E-state index is 0.0934. The first-order valence-electron chi connectivity index (χ1n) is 25.8. The highest BCUT2D eigenvalue weighted by Gasteiger charge is 2.22. The zero-order valence-electron chi connectivity index (χ0n) is 43.8. The molecule has 0 saturated carbocycles. The van der Waals surface area contributed by atoms with E-state index in [9.17, 15) is 19.2 Å². The lowest BCUT2D eigenvalue weighted by Gasteiger charge is -2.23. The summed E-state index contributed by atoms with van der Waals surface area (Å²) in [6, 6.07) is 81.9. The van der Waals surface area contributed by atoms with Crippen molar-refractivity contribution in [1.82, 2.24) is 0 Å². The highest BCUT2D eigenvalue weighted by atomic mass is 16.2. The van der Waals surface area contributed by atoms with Gasteiger partial charge in [-0.15, -0.1) is 0 Å². The fraction of sp³-hybridized carbons (Fsp3) is 0.0278. The molecule has 0 heterocycles. The minimum atomic E-state index is -0.207. The molecule has 0 atom stereocenters. The van der Waals surface area contributed by atoms with Crippen molar-refractivity contribution in [3.63, 3.8) is 0 Å². The van der Waals surface area contributed by atoms with Gasteiger partial charge in [-0.2, -0.15) is 0 Å². The number of para-hydroxylation sites is 3. The molecule has 0 spiro atoms. The van der Waals surface area contributed by atoms with Crippen molar-refractivity contribution >= 4 is 57.8 Å². The molecule has 0 fully saturated rings. The summed E-state index contributed by atoms with van der Waals surface area (Å²) in [6.45, 7) is 0. The molecule has 0 aliphatic carbocycles. The Bertz CT molecular complexity index is 4000. The Kier molecular flexibility index (Phi) is 16.1. The maximum Gasteiger partial charge on any atom is 0.262 e. The van der Waals surface area contributed by atoms with Crippen molar-refractivity contribution in [2.24, 2.45) is 0 Å². The van der Waals surface area contributed by atoms with Crippen molar-refractivity contribution in [2.75, 3.05) is 33.7 Å². The van der Waals surface area contributed by atoms with E-state index in [1.54, 1.807) is 82.2 Å². The molecule has 0 saturated heterocycles. The first-order valence-corrected chi connectivity index (χ1v) is 25.8. The standard InChI is InChI=1S/C72H50N4O4/c1-73(63-17-9-4-10-18-63)70(78)60-41-29-53(30-42-60)24-27-57-37-49-67(50-38-57)75(65-19-11-5-12-20-65)72(80)62-45-33-55(34-46-62)25-28-58-39-51-68(52-40-58)76(66-21-13-6-14-22-66)71(79)61-43-31-54(32-44-61)23-26-56-35-47-64(48-36-56)74(2)69(77)59-15-7-3-8-16-59/h3-22,29-52H,1-2H3. The molecule has 0 radical (unpaired) electrons. The van der Waals surface area contributed by atoms with E-state index < -0.39 is 0 Å². The van der Waals surface area contributed by atoms with Gasteiger partial charge < -0.3 is 9.80 Å². The van der Waals surface area contributed by atoms with E-state index in [4.69, 9.17) is 0 Å². The van der Waals surface area contributed by atoms with Crippen LogP contribution in [0.15, 0.2) is 267 Å². The zero-order chi connectivity index (χ0) is 55.2. The summed E-state index contributed by atoms with van der Waals surface area (Å²) in [7, 11) is 3.51. The number of anilines is 6. The maximum absolute atomic E-state index is 14.3. The second kappa shape index (κ2) is 24.6. The van der Waals surface area contributed by atoms with Crippen LogP contribution in [0.4, 0.5) is 34.1 Å². The van der Waals surface area contributed by atoms with Crippen LogP contribution in [0.25, 0.3) is 0 Å². The molecule has 0 bridgehead atoms. The molecule has 4 amide bonds. The Labute approximate surface area is 466 Å². The van der Waals surface area contributed by atoms with Gasteiger partial charge in [0.15, 0.2) is 0 Å². The van der Waals surface area contributed by atoms with Crippen LogP contribution in [0.2, 0.25) is 0 Å². The molecule has 80 heavy (non-hydrogen) atoms. The van der Waals surface area contributed by atoms with Crippen LogP contribution in [0.3, 0.4) is 0 Å². The predicted octanol–water partition coefficient (Wildman–Crippen LogP) is 14.4. The molecule has 382 valence electrons. The first kappa shape index (κ1) is 52.2. The van der Waals surface area contributed by atoms with Gasteiger partial charge in [-0.3, -0.25) is 29.0 Å². The summed E-state index contributed by atoms with van der Waals surface area (Å²) in [4.78, 5) is 61.2. The molecular weight excluding hydrogens is 985 g/mol. The number of amides is 4. The second-order valence-corrected chi connectivity index (χ2v) is 18.5. The van der Waals surface area contributed by atoms with Crippen LogP contribution >= 0.6 is 0 Å². The van der Waals surface area contributed by atoms with Crippen LogP contribution in [0.1, 0.15) is 74.8 Å². The number of carbonyl (C=O) groups is 4. The molecule has 0 unspecified atom stereocenters. The fourth-order valence-corrected chi connectivity index (χ4v) is 8.71. The Hall–Kier alpha value is -11.2. The van der Waals surface area contributed by atoms with Gasteiger partial charge in [0.05, 0.1) is 0 Å². The molecule has 10 aromatic rings. The van der Waals surface area contributed by atoms with Crippen LogP contribution in [-0.4, -0.2) is 37.7 Å². The van der Waals surface area contributed by atoms with Gasteiger partial charge >= 0.3 is 0 Å². The molecule has 10 aromatic carbocycles. The van der Waals surface area contributed by atoms with Gasteiger partial charge in [-0.25, -0.2) is 0 Å². The second-order valence-electron chi connectivity index (χ2n) is 18.5. The minimum Gasteiger partial charge on any atom is -0.311 e. The van der Waals surface area contributed by atoms with Crippen LogP contribution in [0, 0.1) is 35.5 Å². The van der Waals surface area contributed by atoms with Crippen molar-refractivity contribution in [3.05, 3.63) is 323 Å². The average Bonchev–Trinajstić information content (AvgIpc) is 3.53. The highest BCUT2D eigenvalue weighted by Crippen LogP contribution is 2.30. The maximum atomic E-state index is 14.3. The van der Waals surface area contributed by atoms with Crippen molar-refractivity contribution in [2.45, 2.75) is 0 Å². The van der Waals surface area contributed by atoms with Gasteiger partial charge in [0.25, 0.3) is 23.6 Å². The topological polar surface area (TPSA) is 81.2 Å². The van der Waals surface area contributed by atoms with Gasteiger partial charge in [-0.1, -0.05) is 108 Å². The van der Waals surface area contributed by atoms with Gasteiger partial charge in [-0.05, 0) is 194 Å². The van der Waals surface area contributed by atoms with E-state index >= 15 is 0 Å². The number of benzene rings is 10. The third-order valence-electron chi connectivity index (χ3n) is 13.2. The van der Waals surface area contributed by atoms with Gasteiger partial charge in [0.2, 0.25) is 0 Å².